The lowest BCUT2D eigenvalue weighted by molar-refractivity contribution is -0.146. The predicted molar refractivity (Wildman–Crippen MR) is 77.0 cm³/mol. The molecule has 0 aromatic heterocycles. The first-order valence-corrected chi connectivity index (χ1v) is 6.89. The molecule has 0 aliphatic carbocycles. The Morgan fingerprint density at radius 3 is 1.17 bits per heavy atom. The van der Waals surface area contributed by atoms with Gasteiger partial charge in [-0.1, -0.05) is 0 Å². The molecule has 0 aromatic carbocycles. The molecule has 0 aromatic rings. The van der Waals surface area contributed by atoms with Gasteiger partial charge in [-0.3, -0.25) is 9.59 Å². The molecule has 18 heavy (non-hydrogen) atoms. The summed E-state index contributed by atoms with van der Waals surface area (Å²) in [6.07, 6.45) is 0. The van der Waals surface area contributed by atoms with Crippen LogP contribution in [0.3, 0.4) is 0 Å². The summed E-state index contributed by atoms with van der Waals surface area (Å²) in [6, 6.07) is 0. The summed E-state index contributed by atoms with van der Waals surface area (Å²) in [5.74, 6) is -0.988. The monoisotopic (exact) mass is 358 g/mol. The highest BCUT2D eigenvalue weighted by atomic mass is 35.5. The average Bonchev–Trinajstić information content (AvgIpc) is 2.17. The average molecular weight is 360 g/mol. The fourth-order valence-corrected chi connectivity index (χ4v) is 0.785. The van der Waals surface area contributed by atoms with Crippen molar-refractivity contribution in [3.05, 3.63) is 0 Å². The molecule has 0 saturated heterocycles. The maximum absolute atomic E-state index is 10.5. The number of carbonyl (C=O) groups is 2. The molecule has 0 atom stereocenters. The fraction of sp³-hybridized carbons (Fsp3) is 0.800. The zero-order valence-electron chi connectivity index (χ0n) is 10.3. The van der Waals surface area contributed by atoms with Gasteiger partial charge in [0.2, 0.25) is 5.24 Å². The van der Waals surface area contributed by atoms with Crippen molar-refractivity contribution in [2.24, 2.45) is 10.8 Å². The second kappa shape index (κ2) is 8.01. The lowest BCUT2D eigenvalue weighted by atomic mass is 9.97. The van der Waals surface area contributed by atoms with Crippen LogP contribution in [-0.2, 0) is 9.59 Å². The zero-order valence-corrected chi connectivity index (χ0v) is 14.1. The third kappa shape index (κ3) is 6.67. The van der Waals surface area contributed by atoms with Crippen LogP contribution in [0.25, 0.3) is 0 Å². The summed E-state index contributed by atoms with van der Waals surface area (Å²) >= 11 is 26.7. The molecule has 0 bridgehead atoms. The Hall–Kier alpha value is 0.590. The summed E-state index contributed by atoms with van der Waals surface area (Å²) in [5.41, 5.74) is -1.90. The number of rotatable bonds is 4. The second-order valence-corrected chi connectivity index (χ2v) is 7.16. The highest BCUT2D eigenvalue weighted by molar-refractivity contribution is 6.66. The Labute approximate surface area is 132 Å². The maximum Gasteiger partial charge on any atom is 0.311 e. The summed E-state index contributed by atoms with van der Waals surface area (Å²) < 4.78 is 0. The lowest BCUT2D eigenvalue weighted by Gasteiger charge is -2.19. The topological polar surface area (TPSA) is 54.4 Å². The number of hydrogen-bond donors (Lipinski definition) is 1. The van der Waals surface area contributed by atoms with E-state index < -0.39 is 31.7 Å². The Bertz CT molecular complexity index is 270. The third-order valence-corrected chi connectivity index (χ3v) is 4.82. The van der Waals surface area contributed by atoms with Crippen molar-refractivity contribution in [1.29, 1.82) is 0 Å². The molecule has 0 spiro atoms. The normalized spacial score (nSPS) is 12.2. The van der Waals surface area contributed by atoms with Crippen molar-refractivity contribution in [1.82, 2.24) is 0 Å². The second-order valence-electron chi connectivity index (χ2n) is 4.62. The first-order chi connectivity index (χ1) is 7.77. The van der Waals surface area contributed by atoms with Gasteiger partial charge in [0.25, 0.3) is 0 Å². The molecule has 0 fully saturated rings. The quantitative estimate of drug-likeness (QED) is 0.594. The van der Waals surface area contributed by atoms with Crippen LogP contribution in [0.1, 0.15) is 27.7 Å². The number of hydrogen-bond acceptors (Lipinski definition) is 2. The number of halogens is 5. The summed E-state index contributed by atoms with van der Waals surface area (Å²) in [7, 11) is 0. The van der Waals surface area contributed by atoms with Crippen molar-refractivity contribution in [3.63, 3.8) is 0 Å². The molecule has 108 valence electrons. The van der Waals surface area contributed by atoms with Crippen molar-refractivity contribution >= 4 is 69.2 Å². The molecule has 0 aliphatic heterocycles. The minimum absolute atomic E-state index is 0.516. The van der Waals surface area contributed by atoms with Gasteiger partial charge >= 0.3 is 5.97 Å². The highest BCUT2D eigenvalue weighted by Gasteiger charge is 2.34. The summed E-state index contributed by atoms with van der Waals surface area (Å²) in [6.45, 7) is 6.13. The Morgan fingerprint density at radius 2 is 1.17 bits per heavy atom. The van der Waals surface area contributed by atoms with Gasteiger partial charge in [-0.05, 0) is 39.3 Å². The van der Waals surface area contributed by atoms with Gasteiger partial charge in [-0.2, -0.15) is 0 Å². The van der Waals surface area contributed by atoms with Crippen molar-refractivity contribution in [3.8, 4) is 0 Å². The molecule has 1 N–H and O–H groups in total. The van der Waals surface area contributed by atoms with E-state index in [1.165, 1.54) is 13.8 Å². The van der Waals surface area contributed by atoms with Gasteiger partial charge in [0.15, 0.2) is 0 Å². The van der Waals surface area contributed by atoms with Crippen LogP contribution in [0.2, 0.25) is 0 Å². The Morgan fingerprint density at radius 1 is 0.889 bits per heavy atom. The van der Waals surface area contributed by atoms with Crippen LogP contribution in [0, 0.1) is 10.8 Å². The molecule has 0 rings (SSSR count). The smallest absolute Gasteiger partial charge is 0.311 e. The number of carboxylic acids is 1. The minimum atomic E-state index is -1.05. The molecular weight excluding hydrogens is 345 g/mol. The van der Waals surface area contributed by atoms with Crippen molar-refractivity contribution in [2.45, 2.75) is 37.4 Å². The first-order valence-electron chi connectivity index (χ1n) is 4.77. The summed E-state index contributed by atoms with van der Waals surface area (Å²) in [4.78, 5) is 19.2. The molecule has 0 aliphatic rings. The Balaban J connectivity index is 0. The number of carboxylic acid groups (broad SMARTS) is 1. The molecule has 0 amide bonds. The number of carbonyl (C=O) groups excluding carboxylic acids is 1. The van der Waals surface area contributed by atoms with Gasteiger partial charge in [0.05, 0.1) is 10.8 Å². The van der Waals surface area contributed by atoms with E-state index >= 15 is 0 Å². The molecule has 0 radical (unpaired) electrons. The van der Waals surface area contributed by atoms with E-state index in [0.717, 1.165) is 0 Å². The van der Waals surface area contributed by atoms with Gasteiger partial charge in [0.1, 0.15) is 9.67 Å². The SMILES string of the molecule is CC(C)(C(=O)Cl)C(Cl)Cl.CC(C)(C(=O)O)C(Cl)Cl. The van der Waals surface area contributed by atoms with E-state index in [1.807, 2.05) is 0 Å². The van der Waals surface area contributed by atoms with Crippen LogP contribution in [-0.4, -0.2) is 26.0 Å². The first kappa shape index (κ1) is 20.9. The molecular formula is C10H15Cl5O3. The van der Waals surface area contributed by atoms with E-state index in [9.17, 15) is 9.59 Å². The van der Waals surface area contributed by atoms with Crippen LogP contribution in [0.4, 0.5) is 0 Å². The standard InChI is InChI=1S/C5H7Cl3O.C5H8Cl2O2/c2*1-5(2,3(6)7)4(8)9/h3H,1-2H3;3H,1-2H3,(H,8,9). The van der Waals surface area contributed by atoms with Crippen molar-refractivity contribution < 1.29 is 14.7 Å². The van der Waals surface area contributed by atoms with E-state index in [1.54, 1.807) is 13.8 Å². The molecule has 0 unspecified atom stereocenters. The number of aliphatic carboxylic acids is 1. The fourth-order valence-electron chi connectivity index (χ4n) is 0.179. The largest absolute Gasteiger partial charge is 0.481 e. The lowest BCUT2D eigenvalue weighted by Crippen LogP contribution is -2.30. The predicted octanol–water partition coefficient (Wildman–Crippen LogP) is 4.48. The van der Waals surface area contributed by atoms with Crippen LogP contribution >= 0.6 is 58.0 Å². The van der Waals surface area contributed by atoms with E-state index in [4.69, 9.17) is 63.1 Å². The van der Waals surface area contributed by atoms with Crippen LogP contribution in [0.15, 0.2) is 0 Å². The van der Waals surface area contributed by atoms with Gasteiger partial charge < -0.3 is 5.11 Å². The van der Waals surface area contributed by atoms with Crippen LogP contribution in [0.5, 0.6) is 0 Å². The van der Waals surface area contributed by atoms with Gasteiger partial charge in [-0.15, -0.1) is 46.4 Å². The van der Waals surface area contributed by atoms with Crippen molar-refractivity contribution in [2.75, 3.05) is 0 Å². The van der Waals surface area contributed by atoms with Gasteiger partial charge in [-0.25, -0.2) is 0 Å². The molecule has 0 saturated carbocycles. The van der Waals surface area contributed by atoms with E-state index in [2.05, 4.69) is 0 Å². The van der Waals surface area contributed by atoms with Gasteiger partial charge in [0, 0.05) is 0 Å². The molecule has 3 nitrogen and oxygen atoms in total. The zero-order chi connectivity index (χ0) is 15.3. The number of alkyl halides is 4. The van der Waals surface area contributed by atoms with E-state index in [-0.39, 0.29) is 0 Å². The molecule has 8 heteroatoms. The third-order valence-electron chi connectivity index (χ3n) is 2.15. The maximum atomic E-state index is 10.5. The van der Waals surface area contributed by atoms with E-state index in [0.29, 0.717) is 0 Å². The van der Waals surface area contributed by atoms with Crippen LogP contribution < -0.4 is 0 Å². The minimum Gasteiger partial charge on any atom is -0.481 e. The molecule has 0 heterocycles. The summed E-state index contributed by atoms with van der Waals surface area (Å²) in [5, 5.41) is 7.93. The Kier molecular flexibility index (Phi) is 9.30. The highest BCUT2D eigenvalue weighted by Crippen LogP contribution is 2.30.